The Balaban J connectivity index is 1.55. The molecule has 0 saturated carbocycles. The lowest BCUT2D eigenvalue weighted by Crippen LogP contribution is -2.30. The van der Waals surface area contributed by atoms with Crippen LogP contribution in [0.3, 0.4) is 0 Å². The van der Waals surface area contributed by atoms with Crippen molar-refractivity contribution in [3.8, 4) is 11.4 Å². The zero-order chi connectivity index (χ0) is 22.9. The molecule has 0 saturated heterocycles. The zero-order valence-corrected chi connectivity index (χ0v) is 18.1. The molecule has 1 amide bonds. The molecule has 168 valence electrons. The second-order valence-corrected chi connectivity index (χ2v) is 7.57. The Morgan fingerprint density at radius 1 is 1.19 bits per heavy atom. The molecule has 3 N–H and O–H groups in total. The summed E-state index contributed by atoms with van der Waals surface area (Å²) in [5.74, 6) is -0.413. The van der Waals surface area contributed by atoms with Gasteiger partial charge < -0.3 is 20.5 Å². The standard InChI is InChI=1S/C23H27N5O4/c1-16(10-23(30)31)13-25-22(29)12-17-4-3-5-20(11-17)28-14-19(26-27-28)15-32-21-8-6-18(24-2)7-9-21/h3-9,11,14,16,24H,10,12-13,15H2,1-2H3,(H,25,29)(H,30,31)/t16-/m1/s1. The Morgan fingerprint density at radius 2 is 1.97 bits per heavy atom. The highest BCUT2D eigenvalue weighted by Gasteiger charge is 2.11. The van der Waals surface area contributed by atoms with Crippen LogP contribution < -0.4 is 15.4 Å². The molecular formula is C23H27N5O4. The largest absolute Gasteiger partial charge is 0.487 e. The molecular weight excluding hydrogens is 410 g/mol. The van der Waals surface area contributed by atoms with E-state index >= 15 is 0 Å². The van der Waals surface area contributed by atoms with Crippen LogP contribution in [0.4, 0.5) is 5.69 Å². The Bertz CT molecular complexity index is 1050. The summed E-state index contributed by atoms with van der Waals surface area (Å²) in [5, 5.41) is 22.9. The van der Waals surface area contributed by atoms with Gasteiger partial charge in [-0.25, -0.2) is 4.68 Å². The number of carbonyl (C=O) groups is 2. The van der Waals surface area contributed by atoms with E-state index in [0.717, 1.165) is 22.7 Å². The highest BCUT2D eigenvalue weighted by molar-refractivity contribution is 5.78. The quantitative estimate of drug-likeness (QED) is 0.422. The number of hydrogen-bond acceptors (Lipinski definition) is 6. The SMILES string of the molecule is CNc1ccc(OCc2cn(-c3cccc(CC(=O)NC[C@H](C)CC(=O)O)c3)nn2)cc1. The maximum absolute atomic E-state index is 12.2. The minimum atomic E-state index is -0.872. The summed E-state index contributed by atoms with van der Waals surface area (Å²) in [6, 6.07) is 15.1. The Morgan fingerprint density at radius 3 is 2.69 bits per heavy atom. The number of nitrogens with one attached hydrogen (secondary N) is 2. The minimum absolute atomic E-state index is 0.0232. The van der Waals surface area contributed by atoms with E-state index in [1.54, 1.807) is 17.8 Å². The molecule has 9 heteroatoms. The number of nitrogens with zero attached hydrogens (tertiary/aromatic N) is 3. The second-order valence-electron chi connectivity index (χ2n) is 7.57. The summed E-state index contributed by atoms with van der Waals surface area (Å²) in [4.78, 5) is 22.9. The smallest absolute Gasteiger partial charge is 0.303 e. The molecule has 0 radical (unpaired) electrons. The Labute approximate surface area is 186 Å². The normalized spacial score (nSPS) is 11.6. The fraction of sp³-hybridized carbons (Fsp3) is 0.304. The molecule has 0 aliphatic carbocycles. The van der Waals surface area contributed by atoms with Gasteiger partial charge in [0.25, 0.3) is 0 Å². The third-order valence-corrected chi connectivity index (χ3v) is 4.78. The van der Waals surface area contributed by atoms with Crippen molar-refractivity contribution >= 4 is 17.6 Å². The van der Waals surface area contributed by atoms with Crippen LogP contribution in [0.1, 0.15) is 24.6 Å². The first kappa shape index (κ1) is 22.8. The molecule has 0 bridgehead atoms. The summed E-state index contributed by atoms with van der Waals surface area (Å²) in [5.41, 5.74) is 3.29. The third-order valence-electron chi connectivity index (χ3n) is 4.78. The predicted octanol–water partition coefficient (Wildman–Crippen LogP) is 2.66. The topological polar surface area (TPSA) is 118 Å². The lowest BCUT2D eigenvalue weighted by molar-refractivity contribution is -0.138. The predicted molar refractivity (Wildman–Crippen MR) is 120 cm³/mol. The summed E-state index contributed by atoms with van der Waals surface area (Å²) < 4.78 is 7.39. The van der Waals surface area contributed by atoms with Gasteiger partial charge in [0, 0.05) is 25.7 Å². The fourth-order valence-corrected chi connectivity index (χ4v) is 3.08. The van der Waals surface area contributed by atoms with Crippen LogP contribution in [0.5, 0.6) is 5.75 Å². The Kier molecular flexibility index (Phi) is 7.80. The summed E-state index contributed by atoms with van der Waals surface area (Å²) >= 11 is 0. The molecule has 0 aliphatic rings. The van der Waals surface area contributed by atoms with E-state index in [2.05, 4.69) is 20.9 Å². The first-order valence-corrected chi connectivity index (χ1v) is 10.3. The molecule has 3 aromatic rings. The van der Waals surface area contributed by atoms with Gasteiger partial charge >= 0.3 is 5.97 Å². The van der Waals surface area contributed by atoms with Crippen LogP contribution in [-0.4, -0.2) is 45.6 Å². The number of aromatic nitrogens is 3. The molecule has 0 fully saturated rings. The maximum Gasteiger partial charge on any atom is 0.303 e. The average Bonchev–Trinajstić information content (AvgIpc) is 3.25. The zero-order valence-electron chi connectivity index (χ0n) is 18.1. The van der Waals surface area contributed by atoms with Gasteiger partial charge in [0.15, 0.2) is 0 Å². The van der Waals surface area contributed by atoms with Crippen LogP contribution >= 0.6 is 0 Å². The van der Waals surface area contributed by atoms with Crippen molar-refractivity contribution < 1.29 is 19.4 Å². The van der Waals surface area contributed by atoms with Crippen LogP contribution in [0.2, 0.25) is 0 Å². The molecule has 32 heavy (non-hydrogen) atoms. The first-order chi connectivity index (χ1) is 15.4. The van der Waals surface area contributed by atoms with E-state index in [0.29, 0.717) is 12.2 Å². The van der Waals surface area contributed by atoms with Gasteiger partial charge in [-0.3, -0.25) is 9.59 Å². The highest BCUT2D eigenvalue weighted by atomic mass is 16.5. The van der Waals surface area contributed by atoms with Crippen LogP contribution in [0, 0.1) is 5.92 Å². The van der Waals surface area contributed by atoms with Gasteiger partial charge in [-0.15, -0.1) is 5.10 Å². The van der Waals surface area contributed by atoms with Gasteiger partial charge in [-0.2, -0.15) is 0 Å². The van der Waals surface area contributed by atoms with Crippen molar-refractivity contribution in [2.24, 2.45) is 5.92 Å². The number of anilines is 1. The molecule has 9 nitrogen and oxygen atoms in total. The van der Waals surface area contributed by atoms with Crippen molar-refractivity contribution in [3.05, 3.63) is 66.0 Å². The maximum atomic E-state index is 12.2. The lowest BCUT2D eigenvalue weighted by atomic mass is 10.1. The number of carboxylic acids is 1. The number of amides is 1. The average molecular weight is 438 g/mol. The molecule has 1 atom stereocenters. The number of ether oxygens (including phenoxy) is 1. The summed E-state index contributed by atoms with van der Waals surface area (Å²) in [6.45, 7) is 2.41. The van der Waals surface area contributed by atoms with Crippen molar-refractivity contribution in [3.63, 3.8) is 0 Å². The molecule has 3 rings (SSSR count). The number of benzene rings is 2. The van der Waals surface area contributed by atoms with Crippen molar-refractivity contribution in [2.45, 2.75) is 26.4 Å². The molecule has 0 unspecified atom stereocenters. The van der Waals surface area contributed by atoms with Gasteiger partial charge in [0.1, 0.15) is 18.1 Å². The number of carbonyl (C=O) groups excluding carboxylic acids is 1. The third kappa shape index (κ3) is 6.83. The number of hydrogen-bond donors (Lipinski definition) is 3. The fourth-order valence-electron chi connectivity index (χ4n) is 3.08. The van der Waals surface area contributed by atoms with Crippen molar-refractivity contribution in [1.82, 2.24) is 20.3 Å². The summed E-state index contributed by atoms with van der Waals surface area (Å²) in [7, 11) is 1.86. The number of aliphatic carboxylic acids is 1. The first-order valence-electron chi connectivity index (χ1n) is 10.3. The van der Waals surface area contributed by atoms with Gasteiger partial charge in [-0.05, 0) is 47.9 Å². The van der Waals surface area contributed by atoms with Gasteiger partial charge in [-0.1, -0.05) is 24.3 Å². The number of carboxylic acid groups (broad SMARTS) is 1. The van der Waals surface area contributed by atoms with Crippen LogP contribution in [0.15, 0.2) is 54.7 Å². The monoisotopic (exact) mass is 437 g/mol. The molecule has 0 spiro atoms. The van der Waals surface area contributed by atoms with E-state index in [1.807, 2.05) is 55.6 Å². The van der Waals surface area contributed by atoms with E-state index in [4.69, 9.17) is 9.84 Å². The lowest BCUT2D eigenvalue weighted by Gasteiger charge is -2.10. The molecule has 1 aromatic heterocycles. The van der Waals surface area contributed by atoms with E-state index < -0.39 is 5.97 Å². The minimum Gasteiger partial charge on any atom is -0.487 e. The summed E-state index contributed by atoms with van der Waals surface area (Å²) in [6.07, 6.45) is 2.00. The number of rotatable bonds is 11. The highest BCUT2D eigenvalue weighted by Crippen LogP contribution is 2.17. The van der Waals surface area contributed by atoms with E-state index in [9.17, 15) is 9.59 Å². The molecule has 0 aliphatic heterocycles. The second kappa shape index (κ2) is 10.9. The van der Waals surface area contributed by atoms with Crippen molar-refractivity contribution in [1.29, 1.82) is 0 Å². The van der Waals surface area contributed by atoms with Crippen LogP contribution in [-0.2, 0) is 22.6 Å². The van der Waals surface area contributed by atoms with Gasteiger partial charge in [0.05, 0.1) is 18.3 Å². The van der Waals surface area contributed by atoms with E-state index in [-0.39, 0.29) is 31.3 Å². The Hall–Kier alpha value is -3.88. The van der Waals surface area contributed by atoms with Crippen molar-refractivity contribution in [2.75, 3.05) is 18.9 Å². The van der Waals surface area contributed by atoms with Crippen LogP contribution in [0.25, 0.3) is 5.69 Å². The van der Waals surface area contributed by atoms with Gasteiger partial charge in [0.2, 0.25) is 5.91 Å². The molecule has 2 aromatic carbocycles. The van der Waals surface area contributed by atoms with E-state index in [1.165, 1.54) is 0 Å². The molecule has 1 heterocycles.